The Bertz CT molecular complexity index is 1700. The van der Waals surface area contributed by atoms with Crippen molar-refractivity contribution < 1.29 is 18.3 Å². The second kappa shape index (κ2) is 9.73. The summed E-state index contributed by atoms with van der Waals surface area (Å²) in [5.41, 5.74) is 1.63. The molecule has 39 heavy (non-hydrogen) atoms. The molecule has 0 bridgehead atoms. The van der Waals surface area contributed by atoms with Crippen LogP contribution in [0.15, 0.2) is 55.0 Å². The number of halogens is 3. The van der Waals surface area contributed by atoms with Crippen molar-refractivity contribution in [2.75, 3.05) is 37.4 Å². The molecule has 11 heteroatoms. The lowest BCUT2D eigenvalue weighted by Crippen LogP contribution is -2.42. The van der Waals surface area contributed by atoms with Crippen molar-refractivity contribution in [2.24, 2.45) is 0 Å². The standard InChI is InChI=1S/C28H26F3N7O/c1-36(2)18-5-8-37(9-6-18)22-4-3-17(13-19(22)29)34-28-33-15-21(31)27(35-28)16-11-20(30)26-23(12-16)38-10-7-32-25(38)14-24(26)39/h3-4,7,10-15,18,39H,5-6,8-9H2,1-2H3,(H,33,34,35). The second-order valence-electron chi connectivity index (χ2n) is 9.90. The van der Waals surface area contributed by atoms with Gasteiger partial charge >= 0.3 is 0 Å². The molecule has 0 spiro atoms. The van der Waals surface area contributed by atoms with Crippen LogP contribution < -0.4 is 10.2 Å². The van der Waals surface area contributed by atoms with E-state index in [1.807, 2.05) is 4.90 Å². The Balaban J connectivity index is 1.29. The molecule has 2 N–H and O–H groups in total. The van der Waals surface area contributed by atoms with E-state index in [0.29, 0.717) is 28.6 Å². The number of nitrogens with zero attached hydrogens (tertiary/aromatic N) is 6. The number of benzene rings is 2. The molecule has 5 aromatic rings. The molecule has 0 saturated carbocycles. The van der Waals surface area contributed by atoms with Gasteiger partial charge in [-0.3, -0.25) is 4.40 Å². The number of fused-ring (bicyclic) bond motifs is 3. The van der Waals surface area contributed by atoms with Crippen molar-refractivity contribution >= 4 is 33.9 Å². The first-order valence-electron chi connectivity index (χ1n) is 12.6. The van der Waals surface area contributed by atoms with E-state index >= 15 is 8.78 Å². The predicted molar refractivity (Wildman–Crippen MR) is 144 cm³/mol. The Morgan fingerprint density at radius 2 is 1.77 bits per heavy atom. The lowest BCUT2D eigenvalue weighted by atomic mass is 10.0. The summed E-state index contributed by atoms with van der Waals surface area (Å²) < 4.78 is 46.6. The molecule has 1 saturated heterocycles. The van der Waals surface area contributed by atoms with Crippen molar-refractivity contribution in [2.45, 2.75) is 18.9 Å². The van der Waals surface area contributed by atoms with Crippen LogP contribution in [-0.2, 0) is 0 Å². The molecule has 1 fully saturated rings. The smallest absolute Gasteiger partial charge is 0.227 e. The molecule has 3 aromatic heterocycles. The highest BCUT2D eigenvalue weighted by Gasteiger charge is 2.23. The molecule has 1 aliphatic heterocycles. The first-order chi connectivity index (χ1) is 18.8. The van der Waals surface area contributed by atoms with E-state index in [1.165, 1.54) is 24.4 Å². The number of nitrogens with one attached hydrogen (secondary N) is 1. The summed E-state index contributed by atoms with van der Waals surface area (Å²) in [7, 11) is 4.12. The lowest BCUT2D eigenvalue weighted by molar-refractivity contribution is 0.249. The van der Waals surface area contributed by atoms with Crippen molar-refractivity contribution in [3.8, 4) is 17.0 Å². The summed E-state index contributed by atoms with van der Waals surface area (Å²) in [6.07, 6.45) is 6.02. The molecular formula is C28H26F3N7O. The third-order valence-corrected chi connectivity index (χ3v) is 7.28. The van der Waals surface area contributed by atoms with Crippen LogP contribution in [0.2, 0.25) is 0 Å². The first-order valence-corrected chi connectivity index (χ1v) is 12.6. The third kappa shape index (κ3) is 4.59. The SMILES string of the molecule is CN(C)C1CCN(c2ccc(Nc3ncc(F)c(-c4cc(F)c5c(O)cc6nccn6c5c4)n3)cc2F)CC1. The highest BCUT2D eigenvalue weighted by atomic mass is 19.1. The van der Waals surface area contributed by atoms with E-state index in [0.717, 1.165) is 38.2 Å². The number of anilines is 3. The number of aromatic hydroxyl groups is 1. The van der Waals surface area contributed by atoms with Gasteiger partial charge < -0.3 is 20.2 Å². The zero-order valence-corrected chi connectivity index (χ0v) is 21.4. The fourth-order valence-electron chi connectivity index (χ4n) is 5.22. The Morgan fingerprint density at radius 1 is 0.974 bits per heavy atom. The molecule has 0 aliphatic carbocycles. The Morgan fingerprint density at radius 3 is 2.51 bits per heavy atom. The van der Waals surface area contributed by atoms with Crippen molar-refractivity contribution in [1.82, 2.24) is 24.3 Å². The summed E-state index contributed by atoms with van der Waals surface area (Å²) in [5, 5.41) is 13.2. The van der Waals surface area contributed by atoms with Gasteiger partial charge in [0.25, 0.3) is 0 Å². The molecule has 0 atom stereocenters. The van der Waals surface area contributed by atoms with Crippen LogP contribution in [0.4, 0.5) is 30.5 Å². The van der Waals surface area contributed by atoms with E-state index in [-0.39, 0.29) is 34.2 Å². The molecule has 0 radical (unpaired) electrons. The molecule has 0 amide bonds. The van der Waals surface area contributed by atoms with Gasteiger partial charge in [-0.15, -0.1) is 0 Å². The van der Waals surface area contributed by atoms with Crippen LogP contribution in [0.5, 0.6) is 5.75 Å². The van der Waals surface area contributed by atoms with Gasteiger partial charge in [0.15, 0.2) is 5.82 Å². The molecule has 4 heterocycles. The Kier molecular flexibility index (Phi) is 6.22. The summed E-state index contributed by atoms with van der Waals surface area (Å²) >= 11 is 0. The molecule has 2 aromatic carbocycles. The largest absolute Gasteiger partial charge is 0.507 e. The number of rotatable bonds is 5. The average molecular weight is 534 g/mol. The molecule has 200 valence electrons. The number of imidazole rings is 1. The predicted octanol–water partition coefficient (Wildman–Crippen LogP) is 5.34. The Hall–Kier alpha value is -4.38. The van der Waals surface area contributed by atoms with Crippen LogP contribution in [0.3, 0.4) is 0 Å². The van der Waals surface area contributed by atoms with Gasteiger partial charge in [0, 0.05) is 48.8 Å². The number of aromatic nitrogens is 4. The summed E-state index contributed by atoms with van der Waals surface area (Å²) in [6, 6.07) is 9.26. The zero-order chi connectivity index (χ0) is 27.3. The van der Waals surface area contributed by atoms with Gasteiger partial charge in [-0.05, 0) is 57.3 Å². The maximum Gasteiger partial charge on any atom is 0.227 e. The maximum atomic E-state index is 15.1. The highest BCUT2D eigenvalue weighted by Crippen LogP contribution is 2.34. The molecular weight excluding hydrogens is 507 g/mol. The van der Waals surface area contributed by atoms with Crippen LogP contribution >= 0.6 is 0 Å². The number of hydrogen-bond acceptors (Lipinski definition) is 7. The van der Waals surface area contributed by atoms with Gasteiger partial charge in [-0.1, -0.05) is 0 Å². The van der Waals surface area contributed by atoms with Gasteiger partial charge in [0.2, 0.25) is 5.95 Å². The van der Waals surface area contributed by atoms with Crippen molar-refractivity contribution in [3.05, 3.63) is 72.4 Å². The van der Waals surface area contributed by atoms with Crippen LogP contribution in [0.25, 0.3) is 27.8 Å². The van der Waals surface area contributed by atoms with E-state index in [1.54, 1.807) is 22.7 Å². The zero-order valence-electron chi connectivity index (χ0n) is 21.4. The number of hydrogen-bond donors (Lipinski definition) is 2. The summed E-state index contributed by atoms with van der Waals surface area (Å²) in [4.78, 5) is 16.6. The number of piperidine rings is 1. The molecule has 1 aliphatic rings. The minimum Gasteiger partial charge on any atom is -0.507 e. The van der Waals surface area contributed by atoms with E-state index in [2.05, 4.69) is 39.3 Å². The molecule has 0 unspecified atom stereocenters. The number of pyridine rings is 1. The second-order valence-corrected chi connectivity index (χ2v) is 9.90. The van der Waals surface area contributed by atoms with Crippen molar-refractivity contribution in [3.63, 3.8) is 0 Å². The van der Waals surface area contributed by atoms with Crippen LogP contribution in [0.1, 0.15) is 12.8 Å². The first kappa shape index (κ1) is 24.9. The normalized spacial score (nSPS) is 14.6. The van der Waals surface area contributed by atoms with Gasteiger partial charge in [-0.25, -0.2) is 28.1 Å². The lowest BCUT2D eigenvalue weighted by Gasteiger charge is -2.36. The topological polar surface area (TPSA) is 81.8 Å². The fourth-order valence-corrected chi connectivity index (χ4v) is 5.22. The summed E-state index contributed by atoms with van der Waals surface area (Å²) in [6.45, 7) is 1.53. The minimum atomic E-state index is -0.760. The van der Waals surface area contributed by atoms with E-state index in [4.69, 9.17) is 0 Å². The Labute approximate surface area is 222 Å². The van der Waals surface area contributed by atoms with Gasteiger partial charge in [-0.2, -0.15) is 0 Å². The summed E-state index contributed by atoms with van der Waals surface area (Å²) in [5.74, 6) is -2.13. The van der Waals surface area contributed by atoms with Crippen LogP contribution in [0, 0.1) is 17.5 Å². The molecule has 6 rings (SSSR count). The highest BCUT2D eigenvalue weighted by molar-refractivity contribution is 5.91. The van der Waals surface area contributed by atoms with Gasteiger partial charge in [0.05, 0.1) is 22.8 Å². The maximum absolute atomic E-state index is 15.1. The minimum absolute atomic E-state index is 0.0152. The average Bonchev–Trinajstić information content (AvgIpc) is 3.38. The van der Waals surface area contributed by atoms with E-state index in [9.17, 15) is 9.50 Å². The molecule has 8 nitrogen and oxygen atoms in total. The van der Waals surface area contributed by atoms with Gasteiger partial charge in [0.1, 0.15) is 28.7 Å². The monoisotopic (exact) mass is 533 g/mol. The fraction of sp³-hybridized carbons (Fsp3) is 0.250. The van der Waals surface area contributed by atoms with Crippen molar-refractivity contribution in [1.29, 1.82) is 0 Å². The van der Waals surface area contributed by atoms with E-state index < -0.39 is 11.6 Å². The van der Waals surface area contributed by atoms with Crippen LogP contribution in [-0.4, -0.2) is 62.6 Å². The third-order valence-electron chi connectivity index (χ3n) is 7.28. The quantitative estimate of drug-likeness (QED) is 0.316.